The van der Waals surface area contributed by atoms with Crippen LogP contribution in [0.4, 0.5) is 28.7 Å². The quantitative estimate of drug-likeness (QED) is 0.686. The predicted octanol–water partition coefficient (Wildman–Crippen LogP) is 4.39. The molecular weight excluding hydrogens is 403 g/mol. The zero-order valence-corrected chi connectivity index (χ0v) is 16.3. The van der Waals surface area contributed by atoms with Crippen molar-refractivity contribution in [2.45, 2.75) is 42.2 Å². The highest BCUT2D eigenvalue weighted by atomic mass is 32.2. The van der Waals surface area contributed by atoms with Gasteiger partial charge in [0.25, 0.3) is 0 Å². The van der Waals surface area contributed by atoms with Gasteiger partial charge in [-0.1, -0.05) is 0 Å². The molecule has 0 saturated carbocycles. The van der Waals surface area contributed by atoms with Crippen molar-refractivity contribution < 1.29 is 27.5 Å². The number of nitrogens with zero attached hydrogens (tertiary/aromatic N) is 2. The summed E-state index contributed by atoms with van der Waals surface area (Å²) in [6, 6.07) is 0. The molecule has 2 aliphatic rings. The van der Waals surface area contributed by atoms with Crippen molar-refractivity contribution in [3.63, 3.8) is 0 Å². The van der Waals surface area contributed by atoms with Crippen LogP contribution in [0.3, 0.4) is 0 Å². The second-order valence-corrected chi connectivity index (χ2v) is 9.67. The Morgan fingerprint density at radius 2 is 1.93 bits per heavy atom. The summed E-state index contributed by atoms with van der Waals surface area (Å²) in [5.41, 5.74) is -0.537. The Bertz CT molecular complexity index is 846. The van der Waals surface area contributed by atoms with Gasteiger partial charge < -0.3 is 9.64 Å². The number of carbonyl (C=O) groups excluding carboxylic acids is 2. The minimum atomic E-state index is -4.91. The van der Waals surface area contributed by atoms with Gasteiger partial charge in [-0.15, -0.1) is 23.1 Å². The topological polar surface area (TPSA) is 63.0 Å². The van der Waals surface area contributed by atoms with Gasteiger partial charge in [-0.25, -0.2) is 9.64 Å². The number of hydrogen-bond donors (Lipinski definition) is 1. The molecule has 1 spiro atoms. The number of carbonyl (C=O) groups is 2. The molecule has 0 aromatic carbocycles. The molecule has 146 valence electrons. The number of nitrogens with one attached hydrogen (secondary N) is 1. The Hall–Kier alpha value is -1.93. The lowest BCUT2D eigenvalue weighted by molar-refractivity contribution is -0.192. The molecule has 1 fully saturated rings. The van der Waals surface area contributed by atoms with Crippen LogP contribution < -0.4 is 5.32 Å². The highest BCUT2D eigenvalue weighted by Crippen LogP contribution is 2.59. The van der Waals surface area contributed by atoms with Crippen molar-refractivity contribution in [1.29, 1.82) is 0 Å². The average molecular weight is 419 g/mol. The van der Waals surface area contributed by atoms with Gasteiger partial charge >= 0.3 is 18.2 Å². The van der Waals surface area contributed by atoms with Crippen molar-refractivity contribution in [2.75, 3.05) is 24.2 Å². The maximum atomic E-state index is 12.6. The zero-order valence-electron chi connectivity index (χ0n) is 14.7. The molecule has 2 amide bonds. The van der Waals surface area contributed by atoms with Crippen LogP contribution in [-0.2, 0) is 14.9 Å². The van der Waals surface area contributed by atoms with Gasteiger partial charge in [0.05, 0.1) is 10.8 Å². The number of thiophene rings is 1. The van der Waals surface area contributed by atoms with Gasteiger partial charge in [0.2, 0.25) is 5.69 Å². The summed E-state index contributed by atoms with van der Waals surface area (Å²) in [6.07, 6.45) is -5.61. The van der Waals surface area contributed by atoms with E-state index in [0.717, 1.165) is 9.11 Å². The van der Waals surface area contributed by atoms with Gasteiger partial charge in [-0.2, -0.15) is 13.2 Å². The fraction of sp³-hybridized carbons (Fsp3) is 0.562. The van der Waals surface area contributed by atoms with E-state index in [-0.39, 0.29) is 18.8 Å². The highest BCUT2D eigenvalue weighted by molar-refractivity contribution is 8.01. The van der Waals surface area contributed by atoms with E-state index in [0.29, 0.717) is 16.3 Å². The fourth-order valence-corrected chi connectivity index (χ4v) is 5.93. The number of alkyl halides is 3. The monoisotopic (exact) mass is 419 g/mol. The fourth-order valence-electron chi connectivity index (χ4n) is 3.09. The number of anilines is 1. The first-order valence-corrected chi connectivity index (χ1v) is 9.70. The number of amides is 2. The summed E-state index contributed by atoms with van der Waals surface area (Å²) < 4.78 is 43.8. The number of halogens is 3. The third kappa shape index (κ3) is 3.60. The van der Waals surface area contributed by atoms with Gasteiger partial charge in [-0.3, -0.25) is 10.1 Å². The summed E-state index contributed by atoms with van der Waals surface area (Å²) in [5, 5.41) is 2.88. The van der Waals surface area contributed by atoms with E-state index >= 15 is 0 Å². The van der Waals surface area contributed by atoms with Crippen LogP contribution in [0, 0.1) is 6.57 Å². The Labute approximate surface area is 161 Å². The number of rotatable bonds is 1. The van der Waals surface area contributed by atoms with Crippen molar-refractivity contribution in [1.82, 2.24) is 4.90 Å². The number of likely N-dealkylation sites (tertiary alicyclic amines) is 1. The lowest BCUT2D eigenvalue weighted by Crippen LogP contribution is -2.63. The van der Waals surface area contributed by atoms with Crippen molar-refractivity contribution in [2.24, 2.45) is 0 Å². The average Bonchev–Trinajstić information content (AvgIpc) is 2.98. The normalized spacial score (nSPS) is 17.9. The first kappa shape index (κ1) is 19.8. The van der Waals surface area contributed by atoms with Crippen LogP contribution in [0.15, 0.2) is 4.21 Å². The molecule has 0 aliphatic carbocycles. The van der Waals surface area contributed by atoms with Gasteiger partial charge in [-0.05, 0) is 26.3 Å². The van der Waals surface area contributed by atoms with E-state index in [9.17, 15) is 22.8 Å². The highest BCUT2D eigenvalue weighted by Gasteiger charge is 2.57. The van der Waals surface area contributed by atoms with E-state index in [4.69, 9.17) is 11.3 Å². The van der Waals surface area contributed by atoms with Gasteiger partial charge in [0, 0.05) is 24.3 Å². The number of thioether (sulfide) groups is 1. The van der Waals surface area contributed by atoms with Crippen molar-refractivity contribution >= 4 is 45.8 Å². The Kier molecular flexibility index (Phi) is 4.63. The van der Waals surface area contributed by atoms with Crippen LogP contribution in [0.25, 0.3) is 4.85 Å². The van der Waals surface area contributed by atoms with E-state index in [2.05, 4.69) is 10.2 Å². The molecule has 0 atom stereocenters. The summed E-state index contributed by atoms with van der Waals surface area (Å²) >= 11 is 2.63. The van der Waals surface area contributed by atoms with Gasteiger partial charge in [0.1, 0.15) is 10.6 Å². The minimum Gasteiger partial charge on any atom is -0.444 e. The minimum absolute atomic E-state index is 0.0868. The lowest BCUT2D eigenvalue weighted by Gasteiger charge is -2.48. The maximum absolute atomic E-state index is 12.6. The third-order valence-corrected chi connectivity index (χ3v) is 6.76. The molecule has 27 heavy (non-hydrogen) atoms. The first-order chi connectivity index (χ1) is 12.4. The Morgan fingerprint density at radius 1 is 1.30 bits per heavy atom. The predicted molar refractivity (Wildman–Crippen MR) is 95.5 cm³/mol. The van der Waals surface area contributed by atoms with Crippen LogP contribution in [-0.4, -0.2) is 47.5 Å². The molecule has 0 radical (unpaired) electrons. The molecule has 1 aromatic heterocycles. The van der Waals surface area contributed by atoms with Crippen LogP contribution in [0.2, 0.25) is 0 Å². The zero-order chi connectivity index (χ0) is 20.2. The Balaban J connectivity index is 1.82. The van der Waals surface area contributed by atoms with Crippen molar-refractivity contribution in [3.05, 3.63) is 17.0 Å². The summed E-state index contributed by atoms with van der Waals surface area (Å²) in [5.74, 6) is -1.36. The van der Waals surface area contributed by atoms with E-state index in [1.807, 2.05) is 0 Å². The second kappa shape index (κ2) is 6.31. The van der Waals surface area contributed by atoms with Crippen LogP contribution in [0.5, 0.6) is 0 Å². The standard InChI is InChI=1S/C16H16F3N3O3S2/c1-14(2,3)25-13(24)21-10-9(20-4)8-11(27-10)26-7-15(8)5-22(6-15)12(23)16(17,18)19/h5-7H2,1-3H3,(H,21,24). The van der Waals surface area contributed by atoms with Crippen LogP contribution in [0.1, 0.15) is 26.3 Å². The number of hydrogen-bond acceptors (Lipinski definition) is 5. The largest absolute Gasteiger partial charge is 0.471 e. The molecule has 11 heteroatoms. The third-order valence-electron chi connectivity index (χ3n) is 4.10. The lowest BCUT2D eigenvalue weighted by atomic mass is 9.76. The summed E-state index contributed by atoms with van der Waals surface area (Å²) in [4.78, 5) is 27.7. The molecule has 3 rings (SSSR count). The number of ether oxygens (including phenoxy) is 1. The molecule has 3 heterocycles. The van der Waals surface area contributed by atoms with E-state index < -0.39 is 29.2 Å². The SMILES string of the molecule is [C-]#[N+]c1c(NC(=O)OC(C)(C)C)sc2c1C1(CS2)CN(C(=O)C(F)(F)F)C1. The number of fused-ring (bicyclic) bond motifs is 2. The van der Waals surface area contributed by atoms with Crippen LogP contribution >= 0.6 is 23.1 Å². The second-order valence-electron chi connectivity index (χ2n) is 7.41. The molecule has 1 aromatic rings. The summed E-state index contributed by atoms with van der Waals surface area (Å²) in [6.45, 7) is 12.4. The molecule has 0 unspecified atom stereocenters. The molecule has 1 saturated heterocycles. The molecule has 0 bridgehead atoms. The van der Waals surface area contributed by atoms with E-state index in [1.165, 1.54) is 23.1 Å². The Morgan fingerprint density at radius 3 is 2.44 bits per heavy atom. The molecule has 2 aliphatic heterocycles. The molecular formula is C16H16F3N3O3S2. The van der Waals surface area contributed by atoms with Gasteiger partial charge in [0.15, 0.2) is 0 Å². The van der Waals surface area contributed by atoms with Crippen molar-refractivity contribution in [3.8, 4) is 0 Å². The van der Waals surface area contributed by atoms with E-state index in [1.54, 1.807) is 20.8 Å². The summed E-state index contributed by atoms with van der Waals surface area (Å²) in [7, 11) is 0. The first-order valence-electron chi connectivity index (χ1n) is 7.90. The molecule has 1 N–H and O–H groups in total. The molecule has 6 nitrogen and oxygen atoms in total. The maximum Gasteiger partial charge on any atom is 0.471 e. The smallest absolute Gasteiger partial charge is 0.444 e.